The van der Waals surface area contributed by atoms with Gasteiger partial charge in [-0.1, -0.05) is 144 Å². The first-order chi connectivity index (χ1) is 24.3. The third kappa shape index (κ3) is 13.1. The van der Waals surface area contributed by atoms with Crippen LogP contribution in [0.1, 0.15) is 82.4 Å². The molecule has 0 spiro atoms. The molecule has 0 amide bonds. The molecule has 4 rings (SSSR count). The number of hydrogen-bond donors (Lipinski definition) is 0. The van der Waals surface area contributed by atoms with Crippen molar-refractivity contribution in [2.24, 2.45) is 0 Å². The summed E-state index contributed by atoms with van der Waals surface area (Å²) in [6.07, 6.45) is 4.54. The Balaban J connectivity index is 1.60. The molecule has 1 heterocycles. The van der Waals surface area contributed by atoms with E-state index in [1.165, 1.54) is 18.4 Å². The molecule has 1 fully saturated rings. The van der Waals surface area contributed by atoms with E-state index in [-0.39, 0.29) is 19.3 Å². The highest BCUT2D eigenvalue weighted by Crippen LogP contribution is 2.34. The first kappa shape index (κ1) is 40.1. The van der Waals surface area contributed by atoms with Crippen molar-refractivity contribution in [3.63, 3.8) is 0 Å². The topological polar surface area (TPSA) is 55.4 Å². The van der Waals surface area contributed by atoms with E-state index in [9.17, 15) is 0 Å². The highest BCUT2D eigenvalue weighted by Gasteiger charge is 2.51. The Hall–Kier alpha value is -2.69. The van der Waals surface area contributed by atoms with Gasteiger partial charge in [-0.25, -0.2) is 4.39 Å². The fourth-order valence-corrected chi connectivity index (χ4v) is 8.36. The van der Waals surface area contributed by atoms with Crippen molar-refractivity contribution in [2.75, 3.05) is 6.61 Å². The SMILES string of the molecule is CC/C=C(\CC)C(CCCCCC)O[Si](C)(C)O[C@@H]1[C@@H](OCc2ccccc2)[C@H](OCc2ccccc2)[C@@H](COCc2ccccc2)O[C@H]1F. The molecule has 1 aliphatic rings. The summed E-state index contributed by atoms with van der Waals surface area (Å²) in [6.45, 7) is 11.6. The molecule has 6 atom stereocenters. The van der Waals surface area contributed by atoms with Gasteiger partial charge in [0.05, 0.1) is 32.5 Å². The molecule has 274 valence electrons. The molecule has 8 heteroatoms. The lowest BCUT2D eigenvalue weighted by molar-refractivity contribution is -0.286. The second kappa shape index (κ2) is 21.6. The van der Waals surface area contributed by atoms with Crippen LogP contribution in [0.5, 0.6) is 0 Å². The molecular formula is C42H59FO6Si. The molecular weight excluding hydrogens is 648 g/mol. The fraction of sp³-hybridized carbons (Fsp3) is 0.524. The lowest BCUT2D eigenvalue weighted by Crippen LogP contribution is -2.62. The van der Waals surface area contributed by atoms with E-state index in [0.29, 0.717) is 13.2 Å². The zero-order valence-corrected chi connectivity index (χ0v) is 31.8. The molecule has 0 aliphatic carbocycles. The standard InChI is InChI=1S/C42H59FO6Si/c1-6-9-10-20-28-37(36(8-3)21-7-2)48-50(4,5)49-41-40(46-31-35-26-18-13-19-27-35)39(45-30-34-24-16-12-17-25-34)38(47-42(41)43)32-44-29-33-22-14-11-15-23-33/h11-19,21-27,37-42H,6-10,20,28-32H2,1-5H3/b36-21+/t37?,38-,39-,40+,41-,42-/m1/s1. The third-order valence-electron chi connectivity index (χ3n) is 9.00. The van der Waals surface area contributed by atoms with Gasteiger partial charge in [-0.2, -0.15) is 0 Å². The van der Waals surface area contributed by atoms with E-state index >= 15 is 4.39 Å². The summed E-state index contributed by atoms with van der Waals surface area (Å²) in [5.74, 6) is 0. The number of ether oxygens (including phenoxy) is 4. The molecule has 0 aromatic heterocycles. The van der Waals surface area contributed by atoms with Crippen LogP contribution in [-0.2, 0) is 47.6 Å². The first-order valence-corrected chi connectivity index (χ1v) is 21.4. The zero-order valence-electron chi connectivity index (χ0n) is 30.8. The average Bonchev–Trinajstić information content (AvgIpc) is 3.13. The highest BCUT2D eigenvalue weighted by molar-refractivity contribution is 6.64. The average molecular weight is 707 g/mol. The third-order valence-corrected chi connectivity index (χ3v) is 10.7. The summed E-state index contributed by atoms with van der Waals surface area (Å²) in [7, 11) is -2.96. The summed E-state index contributed by atoms with van der Waals surface area (Å²) in [5, 5.41) is 0. The van der Waals surface area contributed by atoms with Crippen molar-refractivity contribution in [1.82, 2.24) is 0 Å². The summed E-state index contributed by atoms with van der Waals surface area (Å²) in [5.41, 5.74) is 4.28. The van der Waals surface area contributed by atoms with Crippen LogP contribution < -0.4 is 0 Å². The largest absolute Gasteiger partial charge is 0.388 e. The van der Waals surface area contributed by atoms with Gasteiger partial charge in [0, 0.05) is 0 Å². The molecule has 1 unspecified atom stereocenters. The van der Waals surface area contributed by atoms with E-state index < -0.39 is 39.3 Å². The molecule has 0 radical (unpaired) electrons. The van der Waals surface area contributed by atoms with Crippen LogP contribution in [0.3, 0.4) is 0 Å². The van der Waals surface area contributed by atoms with Crippen LogP contribution in [0.4, 0.5) is 4.39 Å². The van der Waals surface area contributed by atoms with Gasteiger partial charge in [0.2, 0.25) is 6.36 Å². The number of alkyl halides is 1. The van der Waals surface area contributed by atoms with Gasteiger partial charge in [-0.3, -0.25) is 0 Å². The number of unbranched alkanes of at least 4 members (excludes halogenated alkanes) is 3. The van der Waals surface area contributed by atoms with Crippen LogP contribution in [0.15, 0.2) is 103 Å². The van der Waals surface area contributed by atoms with Gasteiger partial charge in [0.15, 0.2) is 0 Å². The lowest BCUT2D eigenvalue weighted by atomic mass is 9.98. The molecule has 1 aliphatic heterocycles. The second-order valence-electron chi connectivity index (χ2n) is 13.5. The van der Waals surface area contributed by atoms with Gasteiger partial charge in [0.1, 0.15) is 24.4 Å². The van der Waals surface area contributed by atoms with Gasteiger partial charge in [-0.15, -0.1) is 0 Å². The fourth-order valence-electron chi connectivity index (χ4n) is 6.46. The summed E-state index contributed by atoms with van der Waals surface area (Å²) in [4.78, 5) is 0. The molecule has 0 bridgehead atoms. The van der Waals surface area contributed by atoms with Gasteiger partial charge < -0.3 is 27.8 Å². The zero-order chi connectivity index (χ0) is 35.6. The minimum atomic E-state index is -2.96. The van der Waals surface area contributed by atoms with E-state index in [0.717, 1.165) is 48.8 Å². The molecule has 3 aromatic rings. The Morgan fingerprint density at radius 2 is 1.30 bits per heavy atom. The Morgan fingerprint density at radius 3 is 1.84 bits per heavy atom. The first-order valence-electron chi connectivity index (χ1n) is 18.6. The van der Waals surface area contributed by atoms with Crippen molar-refractivity contribution < 1.29 is 32.2 Å². The normalized spacial score (nSPS) is 22.0. The second-order valence-corrected chi connectivity index (χ2v) is 16.8. The van der Waals surface area contributed by atoms with E-state index in [1.807, 2.05) is 104 Å². The Kier molecular flexibility index (Phi) is 17.3. The number of hydrogen-bond acceptors (Lipinski definition) is 6. The number of halogens is 1. The van der Waals surface area contributed by atoms with Gasteiger partial charge in [0.25, 0.3) is 0 Å². The van der Waals surface area contributed by atoms with Crippen molar-refractivity contribution in [3.05, 3.63) is 119 Å². The van der Waals surface area contributed by atoms with Crippen LogP contribution in [0.2, 0.25) is 13.1 Å². The summed E-state index contributed by atoms with van der Waals surface area (Å²) < 4.78 is 55.6. The number of rotatable bonds is 22. The van der Waals surface area contributed by atoms with Crippen molar-refractivity contribution in [3.8, 4) is 0 Å². The lowest BCUT2D eigenvalue weighted by Gasteiger charge is -2.46. The van der Waals surface area contributed by atoms with Crippen LogP contribution in [0, 0.1) is 0 Å². The van der Waals surface area contributed by atoms with E-state index in [4.69, 9.17) is 27.8 Å². The van der Waals surface area contributed by atoms with Crippen LogP contribution in [0.25, 0.3) is 0 Å². The van der Waals surface area contributed by atoms with E-state index in [2.05, 4.69) is 26.8 Å². The summed E-state index contributed by atoms with van der Waals surface area (Å²) >= 11 is 0. The molecule has 6 nitrogen and oxygen atoms in total. The predicted octanol–water partition coefficient (Wildman–Crippen LogP) is 10.3. The Morgan fingerprint density at radius 1 is 0.740 bits per heavy atom. The number of benzene rings is 3. The van der Waals surface area contributed by atoms with Crippen molar-refractivity contribution >= 4 is 8.56 Å². The van der Waals surface area contributed by atoms with Gasteiger partial charge >= 0.3 is 8.56 Å². The Labute approximate surface area is 301 Å². The minimum Gasteiger partial charge on any atom is -0.388 e. The highest BCUT2D eigenvalue weighted by atomic mass is 28.4. The minimum absolute atomic E-state index is 0.0750. The maximum absolute atomic E-state index is 16.5. The molecule has 1 saturated heterocycles. The molecule has 50 heavy (non-hydrogen) atoms. The monoisotopic (exact) mass is 706 g/mol. The Bertz CT molecular complexity index is 1360. The molecule has 0 N–H and O–H groups in total. The molecule has 3 aromatic carbocycles. The van der Waals surface area contributed by atoms with Crippen molar-refractivity contribution in [2.45, 2.75) is 136 Å². The van der Waals surface area contributed by atoms with Crippen LogP contribution >= 0.6 is 0 Å². The maximum Gasteiger partial charge on any atom is 0.332 e. The van der Waals surface area contributed by atoms with Gasteiger partial charge in [-0.05, 0) is 54.6 Å². The van der Waals surface area contributed by atoms with Crippen molar-refractivity contribution in [1.29, 1.82) is 0 Å². The summed E-state index contributed by atoms with van der Waals surface area (Å²) in [6, 6.07) is 29.8. The van der Waals surface area contributed by atoms with E-state index in [1.54, 1.807) is 0 Å². The smallest absolute Gasteiger partial charge is 0.332 e. The quantitative estimate of drug-likeness (QED) is 0.0589. The maximum atomic E-state index is 16.5. The predicted molar refractivity (Wildman–Crippen MR) is 201 cm³/mol. The molecule has 0 saturated carbocycles. The van der Waals surface area contributed by atoms with Crippen LogP contribution in [-0.4, -0.2) is 52.0 Å². The number of allylic oxidation sites excluding steroid dienone is 1.